The van der Waals surface area contributed by atoms with E-state index in [1.165, 1.54) is 70.2 Å². The number of hydrogen-bond donors (Lipinski definition) is 0. The molecule has 0 fully saturated rings. The van der Waals surface area contributed by atoms with E-state index in [0.717, 1.165) is 129 Å². The van der Waals surface area contributed by atoms with Crippen LogP contribution in [0.2, 0.25) is 0 Å². The summed E-state index contributed by atoms with van der Waals surface area (Å²) in [7, 11) is 0. The van der Waals surface area contributed by atoms with Gasteiger partial charge in [0.1, 0.15) is 0 Å². The molecular formula is C107H71N7. The fourth-order valence-electron chi connectivity index (χ4n) is 15.1. The van der Waals surface area contributed by atoms with Crippen molar-refractivity contribution in [2.75, 3.05) is 0 Å². The standard InChI is InChI=1S/2C36H24N2.C35H23N3/c1-3-9-29-21-31(18-14-25(29)7-1)35-23-33(27-12-16-28(17-13-27)34-11-5-6-20-37-34)24-36(38-35)32-19-15-26-8-2-4-10-30(26)22-32;1-3-8-28-21-32(14-12-25(28)6-1)35-23-34(31-11-5-10-30(20-31)27-16-18-37-19-17-27)24-36(38-35)33-15-13-26-7-2-4-9-29(26)22-33;1-3-8-28-20-30(16-12-24(28)6-1)33-22-32(26-10-14-27(15-11-26)35-36-18-5-19-37-35)23-34(38-33)31-17-13-25-7-2-4-9-29(25)21-31/h2*1-24H;1-23H. The van der Waals surface area contributed by atoms with E-state index in [1.807, 2.05) is 55.0 Å². The van der Waals surface area contributed by atoms with Crippen molar-refractivity contribution in [2.45, 2.75) is 0 Å². The van der Waals surface area contributed by atoms with Crippen LogP contribution in [0.3, 0.4) is 0 Å². The van der Waals surface area contributed by atoms with Crippen LogP contribution in [0, 0.1) is 0 Å². The largest absolute Gasteiger partial charge is 0.265 e. The third-order valence-electron chi connectivity index (χ3n) is 21.2. The fourth-order valence-corrected chi connectivity index (χ4v) is 15.1. The summed E-state index contributed by atoms with van der Waals surface area (Å²) >= 11 is 0. The van der Waals surface area contributed by atoms with Gasteiger partial charge in [0.15, 0.2) is 5.82 Å². The van der Waals surface area contributed by atoms with Crippen LogP contribution in [-0.4, -0.2) is 34.9 Å². The quantitative estimate of drug-likeness (QED) is 0.120. The highest BCUT2D eigenvalue weighted by Crippen LogP contribution is 2.39. The highest BCUT2D eigenvalue weighted by molar-refractivity contribution is 5.95. The molecule has 0 N–H and O–H groups in total. The van der Waals surface area contributed by atoms with E-state index in [-0.39, 0.29) is 0 Å². The number of nitrogens with zero attached hydrogens (tertiary/aromatic N) is 7. The van der Waals surface area contributed by atoms with Crippen LogP contribution >= 0.6 is 0 Å². The van der Waals surface area contributed by atoms with Crippen molar-refractivity contribution in [1.29, 1.82) is 0 Å². The van der Waals surface area contributed by atoms with Gasteiger partial charge in [-0.3, -0.25) is 9.97 Å². The average molecular weight is 1450 g/mol. The number of pyridine rings is 5. The lowest BCUT2D eigenvalue weighted by molar-refractivity contribution is 1.18. The van der Waals surface area contributed by atoms with Crippen LogP contribution in [0.15, 0.2) is 431 Å². The number of fused-ring (bicyclic) bond motifs is 6. The monoisotopic (exact) mass is 1450 g/mol. The Hall–Kier alpha value is -15.3. The number of rotatable bonds is 12. The Balaban J connectivity index is 0.000000115. The molecule has 0 unspecified atom stereocenters. The van der Waals surface area contributed by atoms with Gasteiger partial charge in [-0.1, -0.05) is 291 Å². The maximum absolute atomic E-state index is 5.19. The summed E-state index contributed by atoms with van der Waals surface area (Å²) in [5.74, 6) is 0.725. The molecule has 534 valence electrons. The highest BCUT2D eigenvalue weighted by atomic mass is 14.9. The SMILES string of the molecule is c1cc(-c2ccncc2)cc(-c2cc(-c3ccc4ccccc4c3)nc(-c3ccc4ccccc4c3)c2)c1.c1ccc(-c2ccc(-c3cc(-c4ccc5ccccc5c4)nc(-c4ccc5ccccc5c4)c3)cc2)nc1.c1cnc(-c2ccc(-c3cc(-c4ccc5ccccc5c4)nc(-c4ccc5ccccc5c4)c3)cc2)nc1. The summed E-state index contributed by atoms with van der Waals surface area (Å²) in [6.45, 7) is 0. The van der Waals surface area contributed by atoms with Crippen LogP contribution in [0.25, 0.3) is 199 Å². The van der Waals surface area contributed by atoms with Crippen LogP contribution in [0.5, 0.6) is 0 Å². The van der Waals surface area contributed by atoms with Crippen LogP contribution in [0.4, 0.5) is 0 Å². The Morgan fingerprint density at radius 1 is 0.123 bits per heavy atom. The van der Waals surface area contributed by atoms with Gasteiger partial charge >= 0.3 is 0 Å². The molecule has 0 bridgehead atoms. The summed E-state index contributed by atoms with van der Waals surface area (Å²) in [6, 6.07) is 141. The minimum atomic E-state index is 0.725. The zero-order valence-electron chi connectivity index (χ0n) is 62.1. The van der Waals surface area contributed by atoms with Gasteiger partial charge in [0.05, 0.1) is 39.9 Å². The molecule has 21 rings (SSSR count). The van der Waals surface area contributed by atoms with Gasteiger partial charge in [0.25, 0.3) is 0 Å². The van der Waals surface area contributed by atoms with Gasteiger partial charge in [-0.25, -0.2) is 24.9 Å². The maximum Gasteiger partial charge on any atom is 0.159 e. The summed E-state index contributed by atoms with van der Waals surface area (Å²) in [5, 5.41) is 14.6. The molecule has 0 atom stereocenters. The van der Waals surface area contributed by atoms with Crippen molar-refractivity contribution in [3.63, 3.8) is 0 Å². The molecular weight excluding hydrogens is 1380 g/mol. The Kier molecular flexibility index (Phi) is 19.0. The summed E-state index contributed by atoms with van der Waals surface area (Å²) in [5.41, 5.74) is 24.6. The Bertz CT molecular complexity index is 6510. The first kappa shape index (κ1) is 69.2. The molecule has 114 heavy (non-hydrogen) atoms. The smallest absolute Gasteiger partial charge is 0.159 e. The molecule has 21 aromatic rings. The molecule has 0 amide bonds. The van der Waals surface area contributed by atoms with E-state index >= 15 is 0 Å². The van der Waals surface area contributed by atoms with E-state index in [4.69, 9.17) is 15.0 Å². The maximum atomic E-state index is 5.19. The lowest BCUT2D eigenvalue weighted by atomic mass is 9.96. The lowest BCUT2D eigenvalue weighted by Crippen LogP contribution is -1.92. The molecule has 6 heterocycles. The first-order chi connectivity index (χ1) is 56.4. The lowest BCUT2D eigenvalue weighted by Gasteiger charge is -2.12. The number of benzene rings is 15. The molecule has 7 nitrogen and oxygen atoms in total. The summed E-state index contributed by atoms with van der Waals surface area (Å²) in [6.07, 6.45) is 9.04. The molecule has 0 saturated carbocycles. The fraction of sp³-hybridized carbons (Fsp3) is 0. The van der Waals surface area contributed by atoms with Gasteiger partial charge < -0.3 is 0 Å². The van der Waals surface area contributed by atoms with Crippen molar-refractivity contribution in [3.8, 4) is 135 Å². The summed E-state index contributed by atoms with van der Waals surface area (Å²) < 4.78 is 0. The van der Waals surface area contributed by atoms with Crippen molar-refractivity contribution in [3.05, 3.63) is 431 Å². The van der Waals surface area contributed by atoms with Gasteiger partial charge in [-0.05, 0) is 218 Å². The number of hydrogen-bond acceptors (Lipinski definition) is 7. The molecule has 0 radical (unpaired) electrons. The van der Waals surface area contributed by atoms with Crippen LogP contribution in [0.1, 0.15) is 0 Å². The zero-order chi connectivity index (χ0) is 75.9. The highest BCUT2D eigenvalue weighted by Gasteiger charge is 2.17. The normalized spacial score (nSPS) is 11.2. The second kappa shape index (κ2) is 31.3. The van der Waals surface area contributed by atoms with E-state index < -0.39 is 0 Å². The van der Waals surface area contributed by atoms with E-state index in [2.05, 4.69) is 384 Å². The molecule has 7 heteroatoms. The van der Waals surface area contributed by atoms with Gasteiger partial charge in [0.2, 0.25) is 0 Å². The second-order valence-electron chi connectivity index (χ2n) is 28.5. The third-order valence-corrected chi connectivity index (χ3v) is 21.2. The molecule has 15 aromatic carbocycles. The molecule has 0 spiro atoms. The minimum Gasteiger partial charge on any atom is -0.265 e. The Labute approximate surface area is 661 Å². The number of aromatic nitrogens is 7. The minimum absolute atomic E-state index is 0.725. The molecule has 0 aliphatic heterocycles. The van der Waals surface area contributed by atoms with Crippen molar-refractivity contribution < 1.29 is 0 Å². The van der Waals surface area contributed by atoms with Gasteiger partial charge in [-0.15, -0.1) is 0 Å². The molecule has 6 aromatic heterocycles. The predicted octanol–water partition coefficient (Wildman–Crippen LogP) is 27.7. The molecule has 0 aliphatic rings. The van der Waals surface area contributed by atoms with E-state index in [9.17, 15) is 0 Å². The third kappa shape index (κ3) is 15.0. The first-order valence-corrected chi connectivity index (χ1v) is 38.3. The Morgan fingerprint density at radius 3 is 0.711 bits per heavy atom. The summed E-state index contributed by atoms with van der Waals surface area (Å²) in [4.78, 5) is 33.0. The van der Waals surface area contributed by atoms with E-state index in [1.54, 1.807) is 12.4 Å². The van der Waals surface area contributed by atoms with Crippen LogP contribution < -0.4 is 0 Å². The van der Waals surface area contributed by atoms with Crippen molar-refractivity contribution in [1.82, 2.24) is 34.9 Å². The first-order valence-electron chi connectivity index (χ1n) is 38.3. The van der Waals surface area contributed by atoms with E-state index in [0.29, 0.717) is 0 Å². The van der Waals surface area contributed by atoms with Gasteiger partial charge in [-0.2, -0.15) is 0 Å². The van der Waals surface area contributed by atoms with Crippen LogP contribution in [-0.2, 0) is 0 Å². The second-order valence-corrected chi connectivity index (χ2v) is 28.5. The van der Waals surface area contributed by atoms with Crippen molar-refractivity contribution in [2.24, 2.45) is 0 Å². The van der Waals surface area contributed by atoms with Gasteiger partial charge in [0, 0.05) is 75.5 Å². The predicted molar refractivity (Wildman–Crippen MR) is 474 cm³/mol. The Morgan fingerprint density at radius 2 is 0.386 bits per heavy atom. The average Bonchev–Trinajstić information content (AvgIpc) is 0.788. The zero-order valence-corrected chi connectivity index (χ0v) is 62.1. The molecule has 0 saturated heterocycles. The molecule has 0 aliphatic carbocycles. The van der Waals surface area contributed by atoms with Crippen molar-refractivity contribution >= 4 is 64.6 Å². The topological polar surface area (TPSA) is 90.2 Å².